The van der Waals surface area contributed by atoms with E-state index in [0.717, 1.165) is 0 Å². The van der Waals surface area contributed by atoms with E-state index >= 15 is 0 Å². The highest BCUT2D eigenvalue weighted by molar-refractivity contribution is 5.48. The average molecular weight is 206 g/mol. The minimum absolute atomic E-state index is 0.124. The Morgan fingerprint density at radius 1 is 1.53 bits per heavy atom. The summed E-state index contributed by atoms with van der Waals surface area (Å²) in [6, 6.07) is 4.42. The first kappa shape index (κ1) is 11.2. The lowest BCUT2D eigenvalue weighted by Crippen LogP contribution is -1.96. The van der Waals surface area contributed by atoms with Crippen LogP contribution in [-0.4, -0.2) is 16.6 Å². The van der Waals surface area contributed by atoms with E-state index in [1.54, 1.807) is 6.07 Å². The van der Waals surface area contributed by atoms with Gasteiger partial charge in [-0.15, -0.1) is 0 Å². The second-order valence-corrected chi connectivity index (χ2v) is 2.76. The van der Waals surface area contributed by atoms with E-state index in [1.165, 1.54) is 12.1 Å². The van der Waals surface area contributed by atoms with Gasteiger partial charge in [0.2, 0.25) is 0 Å². The summed E-state index contributed by atoms with van der Waals surface area (Å²) in [5.41, 5.74) is 5.85. The van der Waals surface area contributed by atoms with Crippen LogP contribution in [0.3, 0.4) is 0 Å². The minimum Gasteiger partial charge on any atom is -0.391 e. The number of aliphatic hydroxyl groups is 1. The molecule has 0 aromatic heterocycles. The van der Waals surface area contributed by atoms with E-state index in [4.69, 9.17) is 10.8 Å². The molecule has 0 aliphatic rings. The predicted octanol–water partition coefficient (Wildman–Crippen LogP) is 0.397. The Bertz CT molecular complexity index is 432. The van der Waals surface area contributed by atoms with Crippen molar-refractivity contribution in [1.29, 1.82) is 0 Å². The fourth-order valence-electron chi connectivity index (χ4n) is 1.10. The van der Waals surface area contributed by atoms with E-state index in [1.807, 2.05) is 0 Å². The fourth-order valence-corrected chi connectivity index (χ4v) is 1.10. The standard InChI is InChI=1S/C10H10N2O3/c11-5-1-2-8-3-4-9(7-13)10(6-8)12(14)15/h3-4,6,13H,5,7,11H2. The van der Waals surface area contributed by atoms with Gasteiger partial charge in [0.1, 0.15) is 0 Å². The molecule has 0 radical (unpaired) electrons. The van der Waals surface area contributed by atoms with Crippen molar-refractivity contribution in [2.75, 3.05) is 6.54 Å². The van der Waals surface area contributed by atoms with Gasteiger partial charge in [-0.25, -0.2) is 0 Å². The first-order valence-corrected chi connectivity index (χ1v) is 4.26. The van der Waals surface area contributed by atoms with Gasteiger partial charge in [-0.05, 0) is 12.1 Å². The highest BCUT2D eigenvalue weighted by Gasteiger charge is 2.12. The largest absolute Gasteiger partial charge is 0.391 e. The van der Waals surface area contributed by atoms with Gasteiger partial charge in [-0.3, -0.25) is 10.1 Å². The molecule has 0 fully saturated rings. The SMILES string of the molecule is NCC#Cc1ccc(CO)c([N+](=O)[O-])c1. The Morgan fingerprint density at radius 2 is 2.27 bits per heavy atom. The summed E-state index contributed by atoms with van der Waals surface area (Å²) in [7, 11) is 0. The molecular formula is C10H10N2O3. The van der Waals surface area contributed by atoms with Gasteiger partial charge in [0.25, 0.3) is 5.69 Å². The number of nitro groups is 1. The van der Waals surface area contributed by atoms with Crippen LogP contribution in [0.2, 0.25) is 0 Å². The summed E-state index contributed by atoms with van der Waals surface area (Å²) in [5, 5.41) is 19.5. The Labute approximate surface area is 86.7 Å². The van der Waals surface area contributed by atoms with Crippen LogP contribution in [0.1, 0.15) is 11.1 Å². The number of benzene rings is 1. The van der Waals surface area contributed by atoms with Crippen molar-refractivity contribution in [3.63, 3.8) is 0 Å². The average Bonchev–Trinajstić information content (AvgIpc) is 2.25. The second kappa shape index (κ2) is 5.10. The van der Waals surface area contributed by atoms with Gasteiger partial charge in [0.05, 0.1) is 23.6 Å². The molecule has 1 rings (SSSR count). The quantitative estimate of drug-likeness (QED) is 0.416. The van der Waals surface area contributed by atoms with Crippen LogP contribution in [0.5, 0.6) is 0 Å². The van der Waals surface area contributed by atoms with Crippen molar-refractivity contribution >= 4 is 5.69 Å². The molecule has 0 atom stereocenters. The topological polar surface area (TPSA) is 89.4 Å². The number of hydrogen-bond acceptors (Lipinski definition) is 4. The summed E-state index contributed by atoms with van der Waals surface area (Å²) in [4.78, 5) is 10.1. The third-order valence-corrected chi connectivity index (χ3v) is 1.79. The molecule has 0 bridgehead atoms. The molecule has 1 aromatic rings. The van der Waals surface area contributed by atoms with Crippen LogP contribution in [0.15, 0.2) is 18.2 Å². The summed E-state index contributed by atoms with van der Waals surface area (Å²) >= 11 is 0. The van der Waals surface area contributed by atoms with Crippen molar-refractivity contribution in [2.24, 2.45) is 5.73 Å². The monoisotopic (exact) mass is 206 g/mol. The van der Waals surface area contributed by atoms with Crippen LogP contribution in [-0.2, 0) is 6.61 Å². The fraction of sp³-hybridized carbons (Fsp3) is 0.200. The molecule has 0 amide bonds. The minimum atomic E-state index is -0.542. The summed E-state index contributed by atoms with van der Waals surface area (Å²) < 4.78 is 0. The van der Waals surface area contributed by atoms with Crippen molar-refractivity contribution < 1.29 is 10.0 Å². The molecule has 0 saturated carbocycles. The van der Waals surface area contributed by atoms with E-state index in [0.29, 0.717) is 5.56 Å². The molecule has 0 aliphatic carbocycles. The molecule has 0 unspecified atom stereocenters. The van der Waals surface area contributed by atoms with Crippen molar-refractivity contribution in [3.05, 3.63) is 39.4 Å². The predicted molar refractivity (Wildman–Crippen MR) is 55.0 cm³/mol. The Kier molecular flexibility index (Phi) is 3.80. The molecule has 1 aromatic carbocycles. The first-order valence-electron chi connectivity index (χ1n) is 4.26. The molecule has 0 saturated heterocycles. The zero-order chi connectivity index (χ0) is 11.3. The van der Waals surface area contributed by atoms with Gasteiger partial charge in [-0.1, -0.05) is 11.8 Å². The highest BCUT2D eigenvalue weighted by Crippen LogP contribution is 2.19. The maximum atomic E-state index is 10.6. The van der Waals surface area contributed by atoms with Crippen LogP contribution >= 0.6 is 0 Å². The van der Waals surface area contributed by atoms with Gasteiger partial charge in [-0.2, -0.15) is 0 Å². The number of rotatable bonds is 2. The molecule has 0 aliphatic heterocycles. The Balaban J connectivity index is 3.16. The maximum absolute atomic E-state index is 10.6. The lowest BCUT2D eigenvalue weighted by Gasteiger charge is -1.99. The van der Waals surface area contributed by atoms with E-state index in [-0.39, 0.29) is 24.4 Å². The molecule has 5 nitrogen and oxygen atoms in total. The van der Waals surface area contributed by atoms with Crippen molar-refractivity contribution in [1.82, 2.24) is 0 Å². The smallest absolute Gasteiger partial charge is 0.276 e. The summed E-state index contributed by atoms with van der Waals surface area (Å²) in [6.07, 6.45) is 0. The number of nitro benzene ring substituents is 1. The molecule has 3 N–H and O–H groups in total. The van der Waals surface area contributed by atoms with Gasteiger partial charge in [0.15, 0.2) is 0 Å². The van der Waals surface area contributed by atoms with Crippen LogP contribution in [0.25, 0.3) is 0 Å². The van der Waals surface area contributed by atoms with Crippen molar-refractivity contribution in [3.8, 4) is 11.8 Å². The van der Waals surface area contributed by atoms with E-state index < -0.39 is 4.92 Å². The number of hydrogen-bond donors (Lipinski definition) is 2. The molecule has 15 heavy (non-hydrogen) atoms. The van der Waals surface area contributed by atoms with E-state index in [9.17, 15) is 10.1 Å². The molecular weight excluding hydrogens is 196 g/mol. The van der Waals surface area contributed by atoms with Crippen LogP contribution in [0, 0.1) is 22.0 Å². The number of nitrogens with zero attached hydrogens (tertiary/aromatic N) is 1. The van der Waals surface area contributed by atoms with E-state index in [2.05, 4.69) is 11.8 Å². The zero-order valence-corrected chi connectivity index (χ0v) is 7.93. The lowest BCUT2D eigenvalue weighted by atomic mass is 10.1. The van der Waals surface area contributed by atoms with Crippen LogP contribution < -0.4 is 5.73 Å². The number of aliphatic hydroxyl groups excluding tert-OH is 1. The van der Waals surface area contributed by atoms with Gasteiger partial charge in [0, 0.05) is 11.6 Å². The summed E-state index contributed by atoms with van der Waals surface area (Å²) in [6.45, 7) is -0.156. The normalized spacial score (nSPS) is 9.20. The molecule has 0 heterocycles. The molecule has 0 spiro atoms. The van der Waals surface area contributed by atoms with Gasteiger partial charge >= 0.3 is 0 Å². The zero-order valence-electron chi connectivity index (χ0n) is 7.93. The molecule has 5 heteroatoms. The Morgan fingerprint density at radius 3 is 2.80 bits per heavy atom. The van der Waals surface area contributed by atoms with Gasteiger partial charge < -0.3 is 10.8 Å². The number of nitrogens with two attached hydrogens (primary N) is 1. The summed E-state index contributed by atoms with van der Waals surface area (Å²) in [5.74, 6) is 5.29. The molecule has 78 valence electrons. The van der Waals surface area contributed by atoms with Crippen LogP contribution in [0.4, 0.5) is 5.69 Å². The third-order valence-electron chi connectivity index (χ3n) is 1.79. The maximum Gasteiger partial charge on any atom is 0.276 e. The first-order chi connectivity index (χ1) is 7.19. The van der Waals surface area contributed by atoms with Crippen molar-refractivity contribution in [2.45, 2.75) is 6.61 Å². The Hall–Kier alpha value is -1.90. The highest BCUT2D eigenvalue weighted by atomic mass is 16.6. The third kappa shape index (κ3) is 2.77. The lowest BCUT2D eigenvalue weighted by molar-refractivity contribution is -0.385. The second-order valence-electron chi connectivity index (χ2n) is 2.76.